The van der Waals surface area contributed by atoms with Gasteiger partial charge in [0.05, 0.1) is 21.2 Å². The van der Waals surface area contributed by atoms with Gasteiger partial charge in [-0.1, -0.05) is 17.7 Å². The quantitative estimate of drug-likeness (QED) is 0.516. The van der Waals surface area contributed by atoms with E-state index in [4.69, 9.17) is 17.3 Å². The zero-order valence-corrected chi connectivity index (χ0v) is 11.8. The molecule has 6 nitrogen and oxygen atoms in total. The molecule has 0 fully saturated rings. The van der Waals surface area contributed by atoms with Crippen LogP contribution in [0.4, 0.5) is 17.1 Å². The Morgan fingerprint density at radius 1 is 1.29 bits per heavy atom. The van der Waals surface area contributed by atoms with Crippen molar-refractivity contribution in [3.8, 4) is 0 Å². The van der Waals surface area contributed by atoms with Crippen LogP contribution in [0.15, 0.2) is 36.4 Å². The molecule has 108 valence electrons. The molecule has 0 saturated carbocycles. The lowest BCUT2D eigenvalue weighted by Crippen LogP contribution is -2.14. The largest absolute Gasteiger partial charge is 0.398 e. The second kappa shape index (κ2) is 5.80. The number of amides is 1. The van der Waals surface area contributed by atoms with Gasteiger partial charge in [0.15, 0.2) is 0 Å². The lowest BCUT2D eigenvalue weighted by Gasteiger charge is -2.09. The Labute approximate surface area is 125 Å². The second-order valence-electron chi connectivity index (χ2n) is 4.47. The van der Waals surface area contributed by atoms with Gasteiger partial charge in [0.2, 0.25) is 0 Å². The summed E-state index contributed by atoms with van der Waals surface area (Å²) in [4.78, 5) is 22.3. The van der Waals surface area contributed by atoms with Crippen molar-refractivity contribution < 1.29 is 9.72 Å². The number of hydrogen-bond acceptors (Lipinski definition) is 4. The maximum absolute atomic E-state index is 12.2. The molecular weight excluding hydrogens is 294 g/mol. The molecule has 0 unspecified atom stereocenters. The molecule has 7 heteroatoms. The maximum Gasteiger partial charge on any atom is 0.271 e. The molecule has 0 heterocycles. The fraction of sp³-hybridized carbons (Fsp3) is 0.0714. The average molecular weight is 306 g/mol. The number of nitrogens with two attached hydrogens (primary N) is 1. The van der Waals surface area contributed by atoms with Crippen molar-refractivity contribution in [1.29, 1.82) is 0 Å². The van der Waals surface area contributed by atoms with E-state index in [9.17, 15) is 14.9 Å². The molecule has 0 aliphatic heterocycles. The Hall–Kier alpha value is -2.60. The smallest absolute Gasteiger partial charge is 0.271 e. The number of aryl methyl sites for hydroxylation is 1. The van der Waals surface area contributed by atoms with Crippen molar-refractivity contribution in [2.24, 2.45) is 0 Å². The van der Waals surface area contributed by atoms with Gasteiger partial charge in [-0.2, -0.15) is 0 Å². The third kappa shape index (κ3) is 3.29. The number of benzene rings is 2. The van der Waals surface area contributed by atoms with Crippen LogP contribution in [0.1, 0.15) is 15.9 Å². The van der Waals surface area contributed by atoms with Crippen LogP contribution in [0.5, 0.6) is 0 Å². The lowest BCUT2D eigenvalue weighted by atomic mass is 10.1. The molecule has 3 N–H and O–H groups in total. The molecule has 2 rings (SSSR count). The number of nitrogen functional groups attached to an aromatic ring is 1. The zero-order chi connectivity index (χ0) is 15.6. The molecule has 0 radical (unpaired) electrons. The number of non-ortho nitro benzene ring substituents is 1. The van der Waals surface area contributed by atoms with E-state index >= 15 is 0 Å². The number of nitrogens with zero attached hydrogens (tertiary/aromatic N) is 1. The number of carbonyl (C=O) groups excluding carboxylic acids is 1. The van der Waals surface area contributed by atoms with Gasteiger partial charge in [0.1, 0.15) is 0 Å². The molecule has 0 bridgehead atoms. The average Bonchev–Trinajstić information content (AvgIpc) is 2.40. The van der Waals surface area contributed by atoms with Crippen molar-refractivity contribution >= 4 is 34.6 Å². The summed E-state index contributed by atoms with van der Waals surface area (Å²) in [6.07, 6.45) is 0. The van der Waals surface area contributed by atoms with Gasteiger partial charge in [-0.15, -0.1) is 0 Å². The highest BCUT2D eigenvalue weighted by molar-refractivity contribution is 6.34. The predicted molar refractivity (Wildman–Crippen MR) is 81.7 cm³/mol. The van der Waals surface area contributed by atoms with Gasteiger partial charge in [-0.05, 0) is 30.7 Å². The topological polar surface area (TPSA) is 98.3 Å². The first-order valence-corrected chi connectivity index (χ1v) is 6.37. The number of anilines is 2. The van der Waals surface area contributed by atoms with Crippen LogP contribution in [0.3, 0.4) is 0 Å². The third-order valence-corrected chi connectivity index (χ3v) is 3.19. The molecule has 0 saturated heterocycles. The Morgan fingerprint density at radius 3 is 2.62 bits per heavy atom. The number of halogens is 1. The van der Waals surface area contributed by atoms with E-state index in [1.807, 2.05) is 6.92 Å². The minimum atomic E-state index is -0.563. The van der Waals surface area contributed by atoms with Crippen LogP contribution in [0.25, 0.3) is 0 Å². The number of nitro benzene ring substituents is 1. The molecule has 0 spiro atoms. The van der Waals surface area contributed by atoms with Crippen molar-refractivity contribution in [3.05, 3.63) is 62.7 Å². The van der Waals surface area contributed by atoms with Crippen molar-refractivity contribution in [3.63, 3.8) is 0 Å². The minimum absolute atomic E-state index is 0.161. The Kier molecular flexibility index (Phi) is 4.09. The van der Waals surface area contributed by atoms with E-state index in [2.05, 4.69) is 5.32 Å². The van der Waals surface area contributed by atoms with E-state index in [1.165, 1.54) is 18.2 Å². The fourth-order valence-corrected chi connectivity index (χ4v) is 1.97. The Balaban J connectivity index is 2.31. The summed E-state index contributed by atoms with van der Waals surface area (Å²) >= 11 is 5.93. The molecule has 21 heavy (non-hydrogen) atoms. The summed E-state index contributed by atoms with van der Waals surface area (Å²) in [7, 11) is 0. The van der Waals surface area contributed by atoms with Crippen LogP contribution in [0.2, 0.25) is 5.02 Å². The summed E-state index contributed by atoms with van der Waals surface area (Å²) in [5.41, 5.74) is 7.33. The highest BCUT2D eigenvalue weighted by Gasteiger charge is 2.14. The highest BCUT2D eigenvalue weighted by Crippen LogP contribution is 2.27. The number of carbonyl (C=O) groups is 1. The van der Waals surface area contributed by atoms with Crippen LogP contribution in [-0.4, -0.2) is 10.8 Å². The molecule has 0 aliphatic rings. The van der Waals surface area contributed by atoms with Gasteiger partial charge < -0.3 is 11.1 Å². The van der Waals surface area contributed by atoms with Gasteiger partial charge in [-0.25, -0.2) is 0 Å². The van der Waals surface area contributed by atoms with Crippen molar-refractivity contribution in [2.75, 3.05) is 11.1 Å². The summed E-state index contributed by atoms with van der Waals surface area (Å²) in [6, 6.07) is 8.83. The lowest BCUT2D eigenvalue weighted by molar-refractivity contribution is -0.384. The number of nitrogens with one attached hydrogen (secondary N) is 1. The molecule has 0 aliphatic carbocycles. The molecular formula is C14H12ClN3O3. The van der Waals surface area contributed by atoms with E-state index in [-0.39, 0.29) is 22.0 Å². The van der Waals surface area contributed by atoms with Crippen molar-refractivity contribution in [1.82, 2.24) is 0 Å². The number of hydrogen-bond donors (Lipinski definition) is 2. The summed E-state index contributed by atoms with van der Waals surface area (Å²) in [5, 5.41) is 13.5. The second-order valence-corrected chi connectivity index (χ2v) is 4.87. The summed E-state index contributed by atoms with van der Waals surface area (Å²) in [5.74, 6) is -0.477. The van der Waals surface area contributed by atoms with Crippen molar-refractivity contribution in [2.45, 2.75) is 6.92 Å². The standard InChI is InChI=1S/C14H12ClN3O3/c1-8-2-4-10(12(16)6-8)14(19)17-13-7-9(18(20)21)3-5-11(13)15/h2-7H,16H2,1H3,(H,17,19). The van der Waals surface area contributed by atoms with Crippen LogP contribution in [0, 0.1) is 17.0 Å². The third-order valence-electron chi connectivity index (χ3n) is 2.86. The molecule has 2 aromatic rings. The SMILES string of the molecule is Cc1ccc(C(=O)Nc2cc([N+](=O)[O-])ccc2Cl)c(N)c1. The molecule has 1 amide bonds. The van der Waals surface area contributed by atoms with E-state index in [0.29, 0.717) is 5.69 Å². The predicted octanol–water partition coefficient (Wildman–Crippen LogP) is 3.39. The Bertz CT molecular complexity index is 731. The maximum atomic E-state index is 12.2. The fourth-order valence-electron chi connectivity index (χ4n) is 1.80. The normalized spacial score (nSPS) is 10.2. The first-order valence-electron chi connectivity index (χ1n) is 6.00. The van der Waals surface area contributed by atoms with Crippen LogP contribution in [-0.2, 0) is 0 Å². The van der Waals surface area contributed by atoms with E-state index in [1.54, 1.807) is 18.2 Å². The van der Waals surface area contributed by atoms with Gasteiger partial charge in [0.25, 0.3) is 11.6 Å². The number of rotatable bonds is 3. The summed E-state index contributed by atoms with van der Waals surface area (Å²) < 4.78 is 0. The van der Waals surface area contributed by atoms with E-state index in [0.717, 1.165) is 5.56 Å². The molecule has 0 aromatic heterocycles. The van der Waals surface area contributed by atoms with E-state index < -0.39 is 10.8 Å². The van der Waals surface area contributed by atoms with Crippen LogP contribution < -0.4 is 11.1 Å². The van der Waals surface area contributed by atoms with Gasteiger partial charge >= 0.3 is 0 Å². The minimum Gasteiger partial charge on any atom is -0.398 e. The zero-order valence-electron chi connectivity index (χ0n) is 11.1. The molecule has 0 atom stereocenters. The first-order chi connectivity index (χ1) is 9.88. The first kappa shape index (κ1) is 14.8. The Morgan fingerprint density at radius 2 is 2.00 bits per heavy atom. The van der Waals surface area contributed by atoms with Crippen LogP contribution >= 0.6 is 11.6 Å². The van der Waals surface area contributed by atoms with Gasteiger partial charge in [0, 0.05) is 17.8 Å². The number of nitro groups is 1. The monoisotopic (exact) mass is 305 g/mol. The van der Waals surface area contributed by atoms with Gasteiger partial charge in [-0.3, -0.25) is 14.9 Å². The summed E-state index contributed by atoms with van der Waals surface area (Å²) in [6.45, 7) is 1.86. The highest BCUT2D eigenvalue weighted by atomic mass is 35.5. The molecule has 2 aromatic carbocycles.